The molecule has 5 nitrogen and oxygen atoms in total. The summed E-state index contributed by atoms with van der Waals surface area (Å²) in [5.41, 5.74) is 2.93. The summed E-state index contributed by atoms with van der Waals surface area (Å²) in [4.78, 5) is 19.7. The first-order valence-electron chi connectivity index (χ1n) is 8.70. The van der Waals surface area contributed by atoms with Crippen molar-refractivity contribution in [1.82, 2.24) is 15.3 Å². The number of pyridine rings is 1. The lowest BCUT2D eigenvalue weighted by molar-refractivity contribution is -0.123. The van der Waals surface area contributed by atoms with Crippen molar-refractivity contribution < 1.29 is 9.53 Å². The predicted octanol–water partition coefficient (Wildman–Crippen LogP) is 4.11. The fourth-order valence-corrected chi connectivity index (χ4v) is 3.31. The van der Waals surface area contributed by atoms with Crippen molar-refractivity contribution >= 4 is 39.3 Å². The van der Waals surface area contributed by atoms with E-state index in [0.29, 0.717) is 22.8 Å². The third kappa shape index (κ3) is 3.73. The van der Waals surface area contributed by atoms with Crippen LogP contribution >= 0.6 is 11.6 Å². The number of halogens is 1. The molecule has 2 N–H and O–H groups in total. The van der Waals surface area contributed by atoms with Crippen molar-refractivity contribution in [2.24, 2.45) is 0 Å². The number of hydrogen-bond donors (Lipinski definition) is 2. The van der Waals surface area contributed by atoms with E-state index >= 15 is 0 Å². The molecule has 0 aliphatic carbocycles. The average Bonchev–Trinajstić information content (AvgIpc) is 3.11. The van der Waals surface area contributed by atoms with Gasteiger partial charge in [-0.25, -0.2) is 0 Å². The molecule has 0 radical (unpaired) electrons. The molecular weight excluding hydrogens is 362 g/mol. The van der Waals surface area contributed by atoms with E-state index in [-0.39, 0.29) is 12.5 Å². The van der Waals surface area contributed by atoms with Gasteiger partial charge in [0.1, 0.15) is 11.3 Å². The molecule has 0 aliphatic heterocycles. The summed E-state index contributed by atoms with van der Waals surface area (Å²) in [6, 6.07) is 15.3. The number of amides is 1. The third-order valence-electron chi connectivity index (χ3n) is 4.43. The fraction of sp³-hybridized carbons (Fsp3) is 0.143. The molecule has 0 atom stereocenters. The summed E-state index contributed by atoms with van der Waals surface area (Å²) >= 11 is 6.17. The largest absolute Gasteiger partial charge is 0.481 e. The Morgan fingerprint density at radius 3 is 2.89 bits per heavy atom. The lowest BCUT2D eigenvalue weighted by Crippen LogP contribution is -2.30. The number of hydrogen-bond acceptors (Lipinski definition) is 3. The second kappa shape index (κ2) is 7.68. The van der Waals surface area contributed by atoms with E-state index in [9.17, 15) is 4.79 Å². The van der Waals surface area contributed by atoms with Crippen molar-refractivity contribution in [2.45, 2.75) is 6.42 Å². The first kappa shape index (κ1) is 17.4. The van der Waals surface area contributed by atoms with Crippen molar-refractivity contribution in [3.63, 3.8) is 0 Å². The van der Waals surface area contributed by atoms with Crippen LogP contribution in [-0.2, 0) is 11.2 Å². The van der Waals surface area contributed by atoms with Gasteiger partial charge < -0.3 is 15.0 Å². The number of rotatable bonds is 6. The van der Waals surface area contributed by atoms with E-state index in [2.05, 4.69) is 21.4 Å². The van der Waals surface area contributed by atoms with E-state index < -0.39 is 0 Å². The number of carbonyl (C=O) groups excluding carboxylic acids is 1. The summed E-state index contributed by atoms with van der Waals surface area (Å²) in [7, 11) is 0. The third-order valence-corrected chi connectivity index (χ3v) is 4.76. The molecule has 136 valence electrons. The van der Waals surface area contributed by atoms with Crippen LogP contribution < -0.4 is 10.1 Å². The standard InChI is InChI=1S/C21H18ClN3O2/c22-17-7-8-19(21-16(17)5-3-10-24-21)27-13-20(26)23-11-9-14-12-25-18-6-2-1-4-15(14)18/h1-8,10,12,25H,9,11,13H2,(H,23,26). The lowest BCUT2D eigenvalue weighted by atomic mass is 10.1. The second-order valence-corrected chi connectivity index (χ2v) is 6.60. The van der Waals surface area contributed by atoms with Crippen molar-refractivity contribution in [1.29, 1.82) is 0 Å². The number of aromatic nitrogens is 2. The SMILES string of the molecule is O=C(COc1ccc(Cl)c2cccnc12)NCCc1c[nH]c2ccccc12. The van der Waals surface area contributed by atoms with Crippen LogP contribution in [0.2, 0.25) is 5.02 Å². The van der Waals surface area contributed by atoms with Gasteiger partial charge in [-0.3, -0.25) is 9.78 Å². The number of nitrogens with one attached hydrogen (secondary N) is 2. The molecule has 2 aromatic heterocycles. The fourth-order valence-electron chi connectivity index (χ4n) is 3.10. The molecule has 0 saturated heterocycles. The molecule has 0 spiro atoms. The van der Waals surface area contributed by atoms with Gasteiger partial charge in [0.05, 0.1) is 5.02 Å². The minimum Gasteiger partial charge on any atom is -0.481 e. The van der Waals surface area contributed by atoms with Crippen LogP contribution in [0.25, 0.3) is 21.8 Å². The first-order valence-corrected chi connectivity index (χ1v) is 9.08. The highest BCUT2D eigenvalue weighted by atomic mass is 35.5. The average molecular weight is 380 g/mol. The quantitative estimate of drug-likeness (QED) is 0.530. The summed E-state index contributed by atoms with van der Waals surface area (Å²) in [6.07, 6.45) is 4.41. The number of aromatic amines is 1. The molecule has 0 saturated carbocycles. The van der Waals surface area contributed by atoms with Gasteiger partial charge in [0.25, 0.3) is 5.91 Å². The van der Waals surface area contributed by atoms with Gasteiger partial charge in [0.15, 0.2) is 6.61 Å². The van der Waals surface area contributed by atoms with Crippen LogP contribution in [-0.4, -0.2) is 29.0 Å². The summed E-state index contributed by atoms with van der Waals surface area (Å²) in [5, 5.41) is 5.48. The Morgan fingerprint density at radius 2 is 1.96 bits per heavy atom. The molecule has 2 heterocycles. The second-order valence-electron chi connectivity index (χ2n) is 6.19. The number of carbonyl (C=O) groups is 1. The number of nitrogens with zero attached hydrogens (tertiary/aromatic N) is 1. The van der Waals surface area contributed by atoms with Crippen LogP contribution in [0, 0.1) is 0 Å². The number of ether oxygens (including phenoxy) is 1. The Bertz CT molecular complexity index is 1110. The highest BCUT2D eigenvalue weighted by Gasteiger charge is 2.09. The number of H-pyrrole nitrogens is 1. The van der Waals surface area contributed by atoms with Crippen LogP contribution in [0.5, 0.6) is 5.75 Å². The maximum Gasteiger partial charge on any atom is 0.257 e. The van der Waals surface area contributed by atoms with Gasteiger partial charge in [0, 0.05) is 35.2 Å². The molecule has 0 aliphatic rings. The maximum atomic E-state index is 12.1. The van der Waals surface area contributed by atoms with Gasteiger partial charge in [-0.05, 0) is 42.3 Å². The number of benzene rings is 2. The van der Waals surface area contributed by atoms with Crippen LogP contribution in [0.15, 0.2) is 60.9 Å². The Balaban J connectivity index is 1.33. The monoisotopic (exact) mass is 379 g/mol. The molecule has 2 aromatic carbocycles. The molecule has 0 unspecified atom stereocenters. The molecule has 4 rings (SSSR count). The van der Waals surface area contributed by atoms with Crippen molar-refractivity contribution in [2.75, 3.05) is 13.2 Å². The van der Waals surface area contributed by atoms with Gasteiger partial charge in [0.2, 0.25) is 0 Å². The van der Waals surface area contributed by atoms with Gasteiger partial charge in [-0.2, -0.15) is 0 Å². The van der Waals surface area contributed by atoms with E-state index in [1.807, 2.05) is 36.5 Å². The molecule has 0 bridgehead atoms. The van der Waals surface area contributed by atoms with E-state index in [4.69, 9.17) is 16.3 Å². The van der Waals surface area contributed by atoms with Crippen LogP contribution in [0.4, 0.5) is 0 Å². The minimum absolute atomic E-state index is 0.0683. The zero-order valence-electron chi connectivity index (χ0n) is 14.5. The predicted molar refractivity (Wildman–Crippen MR) is 107 cm³/mol. The molecule has 1 amide bonds. The first-order chi connectivity index (χ1) is 13.2. The van der Waals surface area contributed by atoms with E-state index in [0.717, 1.165) is 17.3 Å². The summed E-state index contributed by atoms with van der Waals surface area (Å²) in [6.45, 7) is 0.477. The van der Waals surface area contributed by atoms with Crippen LogP contribution in [0.3, 0.4) is 0 Å². The van der Waals surface area contributed by atoms with Gasteiger partial charge in [-0.1, -0.05) is 29.8 Å². The van der Waals surface area contributed by atoms with Gasteiger partial charge >= 0.3 is 0 Å². The zero-order valence-corrected chi connectivity index (χ0v) is 15.3. The number of para-hydroxylation sites is 1. The summed E-state index contributed by atoms with van der Waals surface area (Å²) < 4.78 is 5.65. The lowest BCUT2D eigenvalue weighted by Gasteiger charge is -2.10. The molecule has 0 fully saturated rings. The Labute approximate surface area is 161 Å². The zero-order chi connectivity index (χ0) is 18.6. The highest BCUT2D eigenvalue weighted by Crippen LogP contribution is 2.29. The Kier molecular flexibility index (Phi) is 4.94. The van der Waals surface area contributed by atoms with E-state index in [1.54, 1.807) is 18.3 Å². The highest BCUT2D eigenvalue weighted by molar-refractivity contribution is 6.35. The smallest absolute Gasteiger partial charge is 0.257 e. The van der Waals surface area contributed by atoms with Crippen LogP contribution in [0.1, 0.15) is 5.56 Å². The normalized spacial score (nSPS) is 11.0. The van der Waals surface area contributed by atoms with Crippen molar-refractivity contribution in [3.8, 4) is 5.75 Å². The Morgan fingerprint density at radius 1 is 1.11 bits per heavy atom. The topological polar surface area (TPSA) is 67.0 Å². The minimum atomic E-state index is -0.172. The molecule has 4 aromatic rings. The van der Waals surface area contributed by atoms with Gasteiger partial charge in [-0.15, -0.1) is 0 Å². The number of fused-ring (bicyclic) bond motifs is 2. The molecular formula is C21H18ClN3O2. The Hall–Kier alpha value is -3.05. The molecule has 27 heavy (non-hydrogen) atoms. The molecule has 6 heteroatoms. The summed E-state index contributed by atoms with van der Waals surface area (Å²) in [5.74, 6) is 0.371. The van der Waals surface area contributed by atoms with Crippen molar-refractivity contribution in [3.05, 3.63) is 71.5 Å². The maximum absolute atomic E-state index is 12.1. The van der Waals surface area contributed by atoms with E-state index in [1.165, 1.54) is 10.9 Å².